The number of benzene rings is 2. The van der Waals surface area contributed by atoms with Gasteiger partial charge < -0.3 is 14.8 Å². The van der Waals surface area contributed by atoms with Crippen molar-refractivity contribution >= 4 is 35.0 Å². The molecule has 1 fully saturated rings. The third-order valence-corrected chi connectivity index (χ3v) is 6.14. The molecule has 2 aromatic carbocycles. The summed E-state index contributed by atoms with van der Waals surface area (Å²) >= 11 is 7.42. The van der Waals surface area contributed by atoms with Crippen LogP contribution in [0.2, 0.25) is 5.02 Å². The lowest BCUT2D eigenvalue weighted by atomic mass is 10.3. The van der Waals surface area contributed by atoms with Crippen molar-refractivity contribution in [3.63, 3.8) is 0 Å². The number of morpholine rings is 1. The van der Waals surface area contributed by atoms with Gasteiger partial charge in [-0.25, -0.2) is 0 Å². The van der Waals surface area contributed by atoms with Crippen molar-refractivity contribution in [1.82, 2.24) is 19.7 Å². The third kappa shape index (κ3) is 5.80. The largest absolute Gasteiger partial charge is 0.497 e. The predicted molar refractivity (Wildman–Crippen MR) is 125 cm³/mol. The zero-order valence-corrected chi connectivity index (χ0v) is 19.2. The summed E-state index contributed by atoms with van der Waals surface area (Å²) < 4.78 is 12.6. The summed E-state index contributed by atoms with van der Waals surface area (Å²) in [6, 6.07) is 14.7. The second-order valence-electron chi connectivity index (χ2n) is 7.16. The van der Waals surface area contributed by atoms with Crippen LogP contribution in [-0.2, 0) is 16.1 Å². The number of ether oxygens (including phenoxy) is 2. The van der Waals surface area contributed by atoms with E-state index in [4.69, 9.17) is 21.1 Å². The molecule has 0 spiro atoms. The average molecular weight is 474 g/mol. The third-order valence-electron chi connectivity index (χ3n) is 4.96. The minimum Gasteiger partial charge on any atom is -0.497 e. The molecule has 3 aromatic rings. The van der Waals surface area contributed by atoms with Crippen LogP contribution in [0.1, 0.15) is 5.82 Å². The van der Waals surface area contributed by atoms with E-state index in [0.29, 0.717) is 35.6 Å². The van der Waals surface area contributed by atoms with Crippen LogP contribution in [0.25, 0.3) is 5.69 Å². The topological polar surface area (TPSA) is 81.5 Å². The van der Waals surface area contributed by atoms with Gasteiger partial charge in [-0.05, 0) is 48.5 Å². The maximum Gasteiger partial charge on any atom is 0.234 e. The van der Waals surface area contributed by atoms with Gasteiger partial charge in [-0.1, -0.05) is 23.4 Å². The van der Waals surface area contributed by atoms with Gasteiger partial charge in [-0.3, -0.25) is 14.3 Å². The van der Waals surface area contributed by atoms with E-state index in [1.807, 2.05) is 28.8 Å². The summed E-state index contributed by atoms with van der Waals surface area (Å²) in [6.07, 6.45) is 0. The summed E-state index contributed by atoms with van der Waals surface area (Å²) in [5.74, 6) is 1.63. The molecule has 4 rings (SSSR count). The zero-order chi connectivity index (χ0) is 22.3. The molecule has 0 unspecified atom stereocenters. The number of rotatable bonds is 8. The summed E-state index contributed by atoms with van der Waals surface area (Å²) in [7, 11) is 1.61. The molecule has 0 atom stereocenters. The second-order valence-corrected chi connectivity index (χ2v) is 8.54. The van der Waals surface area contributed by atoms with E-state index in [-0.39, 0.29) is 11.7 Å². The molecular weight excluding hydrogens is 450 g/mol. The number of carbonyl (C=O) groups is 1. The molecule has 1 N–H and O–H groups in total. The van der Waals surface area contributed by atoms with Gasteiger partial charge in [-0.2, -0.15) is 0 Å². The minimum absolute atomic E-state index is 0.124. The first-order valence-corrected chi connectivity index (χ1v) is 11.6. The number of hydrogen-bond acceptors (Lipinski definition) is 7. The Hall–Kier alpha value is -2.59. The molecule has 1 amide bonds. The molecule has 168 valence electrons. The Balaban J connectivity index is 1.48. The van der Waals surface area contributed by atoms with E-state index >= 15 is 0 Å². The highest BCUT2D eigenvalue weighted by Gasteiger charge is 2.19. The quantitative estimate of drug-likeness (QED) is 0.501. The highest BCUT2D eigenvalue weighted by molar-refractivity contribution is 7.99. The van der Waals surface area contributed by atoms with Gasteiger partial charge in [-0.15, -0.1) is 10.2 Å². The Bertz CT molecular complexity index is 1040. The zero-order valence-electron chi connectivity index (χ0n) is 17.7. The van der Waals surface area contributed by atoms with Crippen LogP contribution in [-0.4, -0.2) is 64.7 Å². The molecule has 2 heterocycles. The monoisotopic (exact) mass is 473 g/mol. The number of hydrogen-bond donors (Lipinski definition) is 1. The number of methoxy groups -OCH3 is 1. The minimum atomic E-state index is -0.124. The molecule has 1 aliphatic heterocycles. The Morgan fingerprint density at radius 2 is 1.84 bits per heavy atom. The van der Waals surface area contributed by atoms with Gasteiger partial charge in [0.2, 0.25) is 5.91 Å². The number of anilines is 1. The second kappa shape index (κ2) is 10.8. The molecule has 32 heavy (non-hydrogen) atoms. The van der Waals surface area contributed by atoms with Crippen LogP contribution in [0.5, 0.6) is 5.75 Å². The molecule has 0 saturated carbocycles. The number of nitrogens with zero attached hydrogens (tertiary/aromatic N) is 4. The smallest absolute Gasteiger partial charge is 0.234 e. The summed E-state index contributed by atoms with van der Waals surface area (Å²) in [5.41, 5.74) is 1.62. The van der Waals surface area contributed by atoms with Crippen molar-refractivity contribution < 1.29 is 14.3 Å². The van der Waals surface area contributed by atoms with Gasteiger partial charge >= 0.3 is 0 Å². The maximum atomic E-state index is 12.5. The number of halogens is 1. The van der Waals surface area contributed by atoms with Crippen LogP contribution in [0.3, 0.4) is 0 Å². The molecule has 1 aromatic heterocycles. The van der Waals surface area contributed by atoms with Crippen LogP contribution < -0.4 is 10.1 Å². The lowest BCUT2D eigenvalue weighted by Crippen LogP contribution is -2.36. The van der Waals surface area contributed by atoms with E-state index in [1.165, 1.54) is 11.8 Å². The first kappa shape index (κ1) is 22.6. The molecule has 0 aliphatic carbocycles. The van der Waals surface area contributed by atoms with Gasteiger partial charge in [0.05, 0.1) is 32.6 Å². The fraction of sp³-hybridized carbons (Fsp3) is 0.318. The Morgan fingerprint density at radius 3 is 2.53 bits per heavy atom. The van der Waals surface area contributed by atoms with Crippen molar-refractivity contribution in [2.24, 2.45) is 0 Å². The molecule has 8 nitrogen and oxygen atoms in total. The van der Waals surface area contributed by atoms with E-state index in [0.717, 1.165) is 30.4 Å². The van der Waals surface area contributed by atoms with Crippen molar-refractivity contribution in [2.75, 3.05) is 44.5 Å². The molecule has 10 heteroatoms. The van der Waals surface area contributed by atoms with Crippen molar-refractivity contribution in [3.05, 3.63) is 59.4 Å². The number of amides is 1. The van der Waals surface area contributed by atoms with E-state index in [9.17, 15) is 4.79 Å². The molecule has 0 radical (unpaired) electrons. The van der Waals surface area contributed by atoms with Crippen LogP contribution in [0, 0.1) is 0 Å². The molecule has 0 bridgehead atoms. The average Bonchev–Trinajstić information content (AvgIpc) is 3.21. The fourth-order valence-corrected chi connectivity index (χ4v) is 4.20. The normalized spacial score (nSPS) is 14.3. The summed E-state index contributed by atoms with van der Waals surface area (Å²) in [6.45, 7) is 3.77. The Kier molecular flexibility index (Phi) is 7.64. The number of aromatic nitrogens is 3. The highest BCUT2D eigenvalue weighted by Crippen LogP contribution is 2.25. The van der Waals surface area contributed by atoms with Crippen LogP contribution in [0.15, 0.2) is 53.7 Å². The fourth-order valence-electron chi connectivity index (χ4n) is 3.31. The number of thioether (sulfide) groups is 1. The summed E-state index contributed by atoms with van der Waals surface area (Å²) in [5, 5.41) is 13.0. The van der Waals surface area contributed by atoms with E-state index < -0.39 is 0 Å². The Labute approximate surface area is 195 Å². The lowest BCUT2D eigenvalue weighted by Gasteiger charge is -2.26. The van der Waals surface area contributed by atoms with Gasteiger partial charge in [0, 0.05) is 29.5 Å². The molecule has 1 aliphatic rings. The molecule has 1 saturated heterocycles. The predicted octanol–water partition coefficient (Wildman–Crippen LogP) is 3.49. The van der Waals surface area contributed by atoms with Crippen molar-refractivity contribution in [2.45, 2.75) is 11.7 Å². The van der Waals surface area contributed by atoms with E-state index in [2.05, 4.69) is 20.4 Å². The summed E-state index contributed by atoms with van der Waals surface area (Å²) in [4.78, 5) is 14.8. The van der Waals surface area contributed by atoms with Crippen LogP contribution >= 0.6 is 23.4 Å². The van der Waals surface area contributed by atoms with Crippen LogP contribution in [0.4, 0.5) is 5.69 Å². The molecular formula is C22H24ClN5O3S. The highest BCUT2D eigenvalue weighted by atomic mass is 35.5. The van der Waals surface area contributed by atoms with Gasteiger partial charge in [0.25, 0.3) is 0 Å². The van der Waals surface area contributed by atoms with Crippen molar-refractivity contribution in [3.8, 4) is 11.4 Å². The first-order chi connectivity index (χ1) is 15.6. The van der Waals surface area contributed by atoms with Gasteiger partial charge in [0.15, 0.2) is 11.0 Å². The van der Waals surface area contributed by atoms with Gasteiger partial charge in [0.1, 0.15) is 5.75 Å². The first-order valence-electron chi connectivity index (χ1n) is 10.2. The van der Waals surface area contributed by atoms with Crippen molar-refractivity contribution in [1.29, 1.82) is 0 Å². The Morgan fingerprint density at radius 1 is 1.12 bits per heavy atom. The SMILES string of the molecule is COc1ccc(NC(=O)CSc2nnc(CN3CCOCC3)n2-c2ccc(Cl)cc2)cc1. The number of nitrogens with one attached hydrogen (secondary N) is 1. The number of carbonyl (C=O) groups excluding carboxylic acids is 1. The standard InChI is InChI=1S/C22H24ClN5O3S/c1-30-19-8-4-17(5-9-19)24-21(29)15-32-22-26-25-20(14-27-10-12-31-13-11-27)28(22)18-6-2-16(23)3-7-18/h2-9H,10-15H2,1H3,(H,24,29). The maximum absolute atomic E-state index is 12.5. The van der Waals surface area contributed by atoms with E-state index in [1.54, 1.807) is 31.4 Å². The lowest BCUT2D eigenvalue weighted by molar-refractivity contribution is -0.113.